The van der Waals surface area contributed by atoms with E-state index in [9.17, 15) is 4.79 Å². The quantitative estimate of drug-likeness (QED) is 0.711. The molecule has 94 valence electrons. The van der Waals surface area contributed by atoms with Gasteiger partial charge in [-0.05, 0) is 18.2 Å². The highest BCUT2D eigenvalue weighted by atomic mass is 32.1. The van der Waals surface area contributed by atoms with Gasteiger partial charge in [-0.2, -0.15) is 0 Å². The number of primary amides is 1. The number of nitrogens with zero attached hydrogens (tertiary/aromatic N) is 1. The van der Waals surface area contributed by atoms with Crippen LogP contribution in [-0.4, -0.2) is 17.4 Å². The molecule has 5 nitrogen and oxygen atoms in total. The number of aromatic nitrogens is 1. The second kappa shape index (κ2) is 5.50. The average molecular weight is 262 g/mol. The molecule has 0 saturated heterocycles. The van der Waals surface area contributed by atoms with Gasteiger partial charge in [-0.3, -0.25) is 4.79 Å². The van der Waals surface area contributed by atoms with Gasteiger partial charge in [0.25, 0.3) is 5.91 Å². The van der Waals surface area contributed by atoms with Gasteiger partial charge in [0.15, 0.2) is 0 Å². The molecule has 1 heterocycles. The normalized spacial score (nSPS) is 10.2. The van der Waals surface area contributed by atoms with Crippen LogP contribution in [0.25, 0.3) is 0 Å². The number of thiazole rings is 1. The van der Waals surface area contributed by atoms with E-state index in [2.05, 4.69) is 10.3 Å². The van der Waals surface area contributed by atoms with Gasteiger partial charge in [-0.25, -0.2) is 4.98 Å². The Morgan fingerprint density at radius 2 is 2.28 bits per heavy atom. The lowest BCUT2D eigenvalue weighted by molar-refractivity contribution is 0.100. The van der Waals surface area contributed by atoms with E-state index >= 15 is 0 Å². The minimum atomic E-state index is -0.487. The molecule has 18 heavy (non-hydrogen) atoms. The van der Waals surface area contributed by atoms with Crippen LogP contribution in [0.3, 0.4) is 0 Å². The zero-order chi connectivity index (χ0) is 13.0. The van der Waals surface area contributed by atoms with Crippen molar-refractivity contribution in [2.24, 2.45) is 5.73 Å². The molecule has 0 aliphatic rings. The molecule has 1 aromatic heterocycles. The van der Waals surface area contributed by atoms with Crippen molar-refractivity contribution in [2.45, 2.75) is 6.42 Å². The minimum absolute atomic E-state index is 0.411. The summed E-state index contributed by atoms with van der Waals surface area (Å²) < 4.78 is 0. The van der Waals surface area contributed by atoms with Gasteiger partial charge in [0.1, 0.15) is 0 Å². The highest BCUT2D eigenvalue weighted by molar-refractivity contribution is 7.09. The third-order valence-electron chi connectivity index (χ3n) is 2.45. The summed E-state index contributed by atoms with van der Waals surface area (Å²) in [5.41, 5.74) is 12.6. The first kappa shape index (κ1) is 12.4. The SMILES string of the molecule is NC(=O)c1cc(N)ccc1NCCc1nccs1. The topological polar surface area (TPSA) is 94.0 Å². The Hall–Kier alpha value is -2.08. The third kappa shape index (κ3) is 2.98. The number of carbonyl (C=O) groups excluding carboxylic acids is 1. The van der Waals surface area contributed by atoms with Crippen LogP contribution in [-0.2, 0) is 6.42 Å². The molecule has 2 aromatic rings. The van der Waals surface area contributed by atoms with E-state index in [0.29, 0.717) is 23.5 Å². The molecule has 0 fully saturated rings. The summed E-state index contributed by atoms with van der Waals surface area (Å²) in [5.74, 6) is -0.487. The van der Waals surface area contributed by atoms with Crippen LogP contribution in [0.4, 0.5) is 11.4 Å². The summed E-state index contributed by atoms with van der Waals surface area (Å²) >= 11 is 1.61. The number of anilines is 2. The van der Waals surface area contributed by atoms with E-state index in [-0.39, 0.29) is 0 Å². The Labute approximate surface area is 109 Å². The first-order valence-corrected chi connectivity index (χ1v) is 6.36. The maximum atomic E-state index is 11.3. The minimum Gasteiger partial charge on any atom is -0.399 e. The molecule has 0 aliphatic carbocycles. The molecular formula is C12H14N4OS. The van der Waals surface area contributed by atoms with Crippen LogP contribution in [0.5, 0.6) is 0 Å². The van der Waals surface area contributed by atoms with E-state index in [1.807, 2.05) is 5.38 Å². The summed E-state index contributed by atoms with van der Waals surface area (Å²) in [6, 6.07) is 5.07. The summed E-state index contributed by atoms with van der Waals surface area (Å²) in [6.45, 7) is 0.692. The molecule has 5 N–H and O–H groups in total. The highest BCUT2D eigenvalue weighted by Gasteiger charge is 2.08. The molecule has 6 heteroatoms. The predicted molar refractivity (Wildman–Crippen MR) is 73.7 cm³/mol. The molecule has 0 spiro atoms. The first-order valence-electron chi connectivity index (χ1n) is 5.48. The molecule has 0 radical (unpaired) electrons. The van der Waals surface area contributed by atoms with Crippen molar-refractivity contribution >= 4 is 28.6 Å². The Morgan fingerprint density at radius 1 is 1.44 bits per heavy atom. The molecular weight excluding hydrogens is 248 g/mol. The van der Waals surface area contributed by atoms with Crippen molar-refractivity contribution in [2.75, 3.05) is 17.6 Å². The number of rotatable bonds is 5. The number of nitrogens with two attached hydrogens (primary N) is 2. The standard InChI is InChI=1S/C12H14N4OS/c13-8-1-2-10(9(7-8)12(14)17)15-4-3-11-16-5-6-18-11/h1-2,5-7,15H,3-4,13H2,(H2,14,17). The highest BCUT2D eigenvalue weighted by Crippen LogP contribution is 2.18. The lowest BCUT2D eigenvalue weighted by Gasteiger charge is -2.10. The largest absolute Gasteiger partial charge is 0.399 e. The number of hydrogen-bond acceptors (Lipinski definition) is 5. The van der Waals surface area contributed by atoms with E-state index in [0.717, 1.165) is 11.4 Å². The maximum absolute atomic E-state index is 11.3. The molecule has 0 atom stereocenters. The monoisotopic (exact) mass is 262 g/mol. The zero-order valence-corrected chi connectivity index (χ0v) is 10.5. The van der Waals surface area contributed by atoms with Gasteiger partial charge >= 0.3 is 0 Å². The van der Waals surface area contributed by atoms with Crippen molar-refractivity contribution < 1.29 is 4.79 Å². The van der Waals surface area contributed by atoms with Crippen LogP contribution in [0.1, 0.15) is 15.4 Å². The first-order chi connectivity index (χ1) is 8.66. The number of hydrogen-bond donors (Lipinski definition) is 3. The zero-order valence-electron chi connectivity index (χ0n) is 9.72. The fourth-order valence-corrected chi connectivity index (χ4v) is 2.22. The summed E-state index contributed by atoms with van der Waals surface area (Å²) in [7, 11) is 0. The van der Waals surface area contributed by atoms with Crippen molar-refractivity contribution in [1.29, 1.82) is 0 Å². The third-order valence-corrected chi connectivity index (χ3v) is 3.29. The fourth-order valence-electron chi connectivity index (χ4n) is 1.60. The van der Waals surface area contributed by atoms with Crippen LogP contribution in [0, 0.1) is 0 Å². The van der Waals surface area contributed by atoms with E-state index < -0.39 is 5.91 Å². The molecule has 1 amide bonds. The van der Waals surface area contributed by atoms with Gasteiger partial charge < -0.3 is 16.8 Å². The van der Waals surface area contributed by atoms with Crippen LogP contribution < -0.4 is 16.8 Å². The number of amides is 1. The fraction of sp³-hybridized carbons (Fsp3) is 0.167. The smallest absolute Gasteiger partial charge is 0.250 e. The van der Waals surface area contributed by atoms with Crippen LogP contribution in [0.15, 0.2) is 29.8 Å². The Balaban J connectivity index is 2.02. The van der Waals surface area contributed by atoms with Gasteiger partial charge in [0.05, 0.1) is 10.6 Å². The van der Waals surface area contributed by atoms with Crippen molar-refractivity contribution in [3.8, 4) is 0 Å². The average Bonchev–Trinajstić information content (AvgIpc) is 2.84. The van der Waals surface area contributed by atoms with Gasteiger partial charge in [-0.1, -0.05) is 0 Å². The second-order valence-corrected chi connectivity index (χ2v) is 4.75. The van der Waals surface area contributed by atoms with Crippen molar-refractivity contribution in [3.05, 3.63) is 40.3 Å². The lowest BCUT2D eigenvalue weighted by Crippen LogP contribution is -2.16. The number of benzene rings is 1. The number of nitrogens with one attached hydrogen (secondary N) is 1. The molecule has 0 bridgehead atoms. The van der Waals surface area contributed by atoms with Gasteiger partial charge in [0.2, 0.25) is 0 Å². The summed E-state index contributed by atoms with van der Waals surface area (Å²) in [4.78, 5) is 15.5. The van der Waals surface area contributed by atoms with Crippen molar-refractivity contribution in [3.63, 3.8) is 0 Å². The Kier molecular flexibility index (Phi) is 3.78. The summed E-state index contributed by atoms with van der Waals surface area (Å²) in [5, 5.41) is 6.16. The Morgan fingerprint density at radius 3 is 2.94 bits per heavy atom. The van der Waals surface area contributed by atoms with E-state index in [1.54, 1.807) is 35.7 Å². The van der Waals surface area contributed by atoms with Gasteiger partial charge in [-0.15, -0.1) is 11.3 Å². The molecule has 0 saturated carbocycles. The predicted octanol–water partition coefficient (Wildman–Crippen LogP) is 1.48. The van der Waals surface area contributed by atoms with Crippen LogP contribution >= 0.6 is 11.3 Å². The molecule has 2 rings (SSSR count). The van der Waals surface area contributed by atoms with E-state index in [1.165, 1.54) is 0 Å². The lowest BCUT2D eigenvalue weighted by atomic mass is 10.1. The van der Waals surface area contributed by atoms with Crippen molar-refractivity contribution in [1.82, 2.24) is 4.98 Å². The second-order valence-electron chi connectivity index (χ2n) is 3.77. The Bertz CT molecular complexity index is 539. The summed E-state index contributed by atoms with van der Waals surface area (Å²) in [6.07, 6.45) is 2.58. The number of carbonyl (C=O) groups is 1. The maximum Gasteiger partial charge on any atom is 0.250 e. The molecule has 1 aromatic carbocycles. The van der Waals surface area contributed by atoms with Gasteiger partial charge in [0, 0.05) is 35.9 Å². The molecule has 0 aliphatic heterocycles. The van der Waals surface area contributed by atoms with Crippen LogP contribution in [0.2, 0.25) is 0 Å². The number of nitrogen functional groups attached to an aromatic ring is 1. The van der Waals surface area contributed by atoms with E-state index in [4.69, 9.17) is 11.5 Å². The molecule has 0 unspecified atom stereocenters.